The van der Waals surface area contributed by atoms with E-state index in [0.29, 0.717) is 0 Å². The molecule has 42 valence electrons. The van der Waals surface area contributed by atoms with Gasteiger partial charge in [0.25, 0.3) is 0 Å². The van der Waals surface area contributed by atoms with E-state index in [9.17, 15) is 0 Å². The molecule has 0 fully saturated rings. The molecule has 0 aliphatic heterocycles. The van der Waals surface area contributed by atoms with Crippen LogP contribution in [0.4, 0.5) is 0 Å². The van der Waals surface area contributed by atoms with Crippen molar-refractivity contribution >= 4 is 11.6 Å². The van der Waals surface area contributed by atoms with Gasteiger partial charge in [-0.1, -0.05) is 17.6 Å². The van der Waals surface area contributed by atoms with E-state index in [2.05, 4.69) is 0 Å². The predicted octanol–water partition coefficient (Wildman–Crippen LogP) is 2.05. The van der Waals surface area contributed by atoms with Crippen molar-refractivity contribution in [3.05, 3.63) is 29.2 Å². The highest BCUT2D eigenvalue weighted by Gasteiger charge is 1.85. The third kappa shape index (κ3) is 1.14. The fraction of sp³-hybridized carbons (Fsp3) is 0. The van der Waals surface area contributed by atoms with E-state index in [4.69, 9.17) is 22.2 Å². The van der Waals surface area contributed by atoms with Crippen LogP contribution in [0, 0.1) is 0 Å². The van der Waals surface area contributed by atoms with Gasteiger partial charge in [-0.2, -0.15) is 0 Å². The first-order chi connectivity index (χ1) is 5.46. The van der Waals surface area contributed by atoms with Gasteiger partial charge in [0.2, 0.25) is 0 Å². The van der Waals surface area contributed by atoms with E-state index in [1.807, 2.05) is 0 Å². The molecule has 0 saturated carbocycles. The molecule has 1 aromatic rings. The van der Waals surface area contributed by atoms with Crippen molar-refractivity contribution in [1.29, 1.82) is 0 Å². The van der Waals surface area contributed by atoms with Crippen LogP contribution in [0.3, 0.4) is 0 Å². The Balaban J connectivity index is 3.60. The Kier molecular flexibility index (Phi) is 0.584. The minimum atomic E-state index is -0.652. The average Bonchev–Trinajstić information content (AvgIpc) is 2.08. The summed E-state index contributed by atoms with van der Waals surface area (Å²) in [6.45, 7) is 0. The quantitative estimate of drug-likeness (QED) is 0.573. The molecule has 1 aromatic carbocycles. The summed E-state index contributed by atoms with van der Waals surface area (Å²) < 4.78 is 28.5. The van der Waals surface area contributed by atoms with Crippen LogP contribution in [0.15, 0.2) is 24.2 Å². The molecule has 1 N–H and O–H groups in total. The van der Waals surface area contributed by atoms with Crippen LogP contribution >= 0.6 is 11.6 Å². The summed E-state index contributed by atoms with van der Waals surface area (Å²) >= 11 is 5.42. The molecule has 0 heterocycles. The molecule has 1 rings (SSSR count). The summed E-state index contributed by atoms with van der Waals surface area (Å²) in [6, 6.07) is -1.87. The normalized spacial score (nSPS) is 16.1. The first-order valence-electron chi connectivity index (χ1n) is 3.91. The largest absolute Gasteiger partial charge is 0.508 e. The van der Waals surface area contributed by atoms with Gasteiger partial charge in [0, 0.05) is 5.02 Å². The molecule has 0 unspecified atom stereocenters. The van der Waals surface area contributed by atoms with Gasteiger partial charge < -0.3 is 5.11 Å². The topological polar surface area (TPSA) is 20.2 Å². The van der Waals surface area contributed by atoms with Gasteiger partial charge in [-0.05, 0) is 18.1 Å². The number of benzene rings is 1. The lowest BCUT2D eigenvalue weighted by atomic mass is 10.3. The summed E-state index contributed by atoms with van der Waals surface area (Å²) in [6.07, 6.45) is 0. The zero-order valence-corrected chi connectivity index (χ0v) is 4.58. The van der Waals surface area contributed by atoms with Crippen LogP contribution in [0.1, 0.15) is 5.48 Å². The third-order valence-electron chi connectivity index (χ3n) is 0.581. The van der Waals surface area contributed by atoms with E-state index in [0.717, 1.165) is 0 Å². The zero-order valence-electron chi connectivity index (χ0n) is 7.83. The predicted molar refractivity (Wildman–Crippen MR) is 33.1 cm³/mol. The molecule has 0 aromatic heterocycles. The smallest absolute Gasteiger partial charge is 0.117 e. The molecular weight excluding hydrogens is 124 g/mol. The van der Waals surface area contributed by atoms with Crippen LogP contribution in [0.25, 0.3) is 0 Å². The minimum Gasteiger partial charge on any atom is -0.508 e. The number of rotatable bonds is 0. The molecule has 0 aliphatic carbocycles. The maximum absolute atomic E-state index is 9.03. The summed E-state index contributed by atoms with van der Waals surface area (Å²) in [7, 11) is 0. The first kappa shape index (κ1) is 2.28. The number of halogens is 1. The molecule has 0 spiro atoms. The third-order valence-corrected chi connectivity index (χ3v) is 0.770. The second-order valence-electron chi connectivity index (χ2n) is 1.16. The van der Waals surface area contributed by atoms with Crippen LogP contribution < -0.4 is 0 Å². The second-order valence-corrected chi connectivity index (χ2v) is 1.54. The van der Waals surface area contributed by atoms with E-state index in [-0.39, 0.29) is 5.02 Å². The molecule has 0 bridgehead atoms. The van der Waals surface area contributed by atoms with Crippen molar-refractivity contribution in [3.63, 3.8) is 0 Å². The number of hydrogen-bond donors (Lipinski definition) is 1. The highest BCUT2D eigenvalue weighted by atomic mass is 35.5. The van der Waals surface area contributed by atoms with Crippen LogP contribution in [-0.2, 0) is 0 Å². The van der Waals surface area contributed by atoms with E-state index in [1.54, 1.807) is 0 Å². The minimum absolute atomic E-state index is 0.298. The number of phenols is 1. The molecule has 0 saturated heterocycles. The number of phenolic OH excluding ortho intramolecular Hbond substituents is 1. The van der Waals surface area contributed by atoms with Crippen molar-refractivity contribution in [1.82, 2.24) is 0 Å². The Hall–Kier alpha value is -0.690. The molecule has 2 heteroatoms. The molecule has 0 amide bonds. The highest BCUT2D eigenvalue weighted by molar-refractivity contribution is 6.30. The van der Waals surface area contributed by atoms with Gasteiger partial charge in [-0.25, -0.2) is 0 Å². The Morgan fingerprint density at radius 3 is 3.12 bits per heavy atom. The number of hydrogen-bond acceptors (Lipinski definition) is 1. The fourth-order valence-electron chi connectivity index (χ4n) is 0.312. The summed E-state index contributed by atoms with van der Waals surface area (Å²) in [5.74, 6) is -0.652. The molecule has 0 radical (unpaired) electrons. The molecule has 8 heavy (non-hydrogen) atoms. The highest BCUT2D eigenvalue weighted by Crippen LogP contribution is 2.14. The summed E-state index contributed by atoms with van der Waals surface area (Å²) in [4.78, 5) is 0. The lowest BCUT2D eigenvalue weighted by molar-refractivity contribution is 0.475. The maximum Gasteiger partial charge on any atom is 0.117 e. The van der Waals surface area contributed by atoms with Gasteiger partial charge in [0.1, 0.15) is 5.75 Å². The maximum atomic E-state index is 9.03. The summed E-state index contributed by atoms with van der Waals surface area (Å²) in [5.41, 5.74) is 0. The van der Waals surface area contributed by atoms with Crippen molar-refractivity contribution in [2.24, 2.45) is 0 Å². The van der Waals surface area contributed by atoms with Crippen molar-refractivity contribution < 1.29 is 10.6 Å². The van der Waals surface area contributed by atoms with Crippen molar-refractivity contribution in [2.75, 3.05) is 0 Å². The lowest BCUT2D eigenvalue weighted by Crippen LogP contribution is -1.61. The Morgan fingerprint density at radius 2 is 2.38 bits per heavy atom. The average molecular weight is 133 g/mol. The second kappa shape index (κ2) is 2.05. The first-order valence-corrected chi connectivity index (χ1v) is 2.29. The van der Waals surface area contributed by atoms with Gasteiger partial charge in [-0.3, -0.25) is 0 Å². The Bertz CT molecular complexity index is 234. The monoisotopic (exact) mass is 132 g/mol. The summed E-state index contributed by atoms with van der Waals surface area (Å²) in [5, 5.41) is 8.73. The van der Waals surface area contributed by atoms with E-state index in [1.165, 1.54) is 0 Å². The van der Waals surface area contributed by atoms with Crippen LogP contribution in [-0.4, -0.2) is 5.11 Å². The zero-order chi connectivity index (χ0) is 9.46. The lowest BCUT2D eigenvalue weighted by Gasteiger charge is -1.88. The van der Waals surface area contributed by atoms with Crippen LogP contribution in [0.5, 0.6) is 5.75 Å². The van der Waals surface area contributed by atoms with E-state index < -0.39 is 29.9 Å². The van der Waals surface area contributed by atoms with Crippen LogP contribution in [0.2, 0.25) is 5.02 Å². The van der Waals surface area contributed by atoms with Gasteiger partial charge in [0.05, 0.1) is 5.48 Å². The van der Waals surface area contributed by atoms with Gasteiger partial charge >= 0.3 is 0 Å². The van der Waals surface area contributed by atoms with Gasteiger partial charge in [0.15, 0.2) is 0 Å². The molecule has 0 atom stereocenters. The van der Waals surface area contributed by atoms with E-state index >= 15 is 0 Å². The molecule has 0 aliphatic rings. The molecular formula is C6H5ClO. The fourth-order valence-corrected chi connectivity index (χ4v) is 0.449. The van der Waals surface area contributed by atoms with Gasteiger partial charge in [-0.15, -0.1) is 0 Å². The molecule has 1 nitrogen and oxygen atoms in total. The Labute approximate surface area is 58.1 Å². The van der Waals surface area contributed by atoms with Crippen molar-refractivity contribution in [3.8, 4) is 5.75 Å². The standard InChI is InChI=1S/C6H5ClO/c7-5-2-1-3-6(8)4-5/h1-4,8H/i1D,2D,3D,4D. The van der Waals surface area contributed by atoms with Crippen molar-refractivity contribution in [2.45, 2.75) is 0 Å². The SMILES string of the molecule is [2H]c1c([2H])c(O)c([2H])c(Cl)c1[2H]. The number of aromatic hydroxyl groups is 1. The Morgan fingerprint density at radius 1 is 1.62 bits per heavy atom.